The van der Waals surface area contributed by atoms with E-state index in [0.29, 0.717) is 68.6 Å². The summed E-state index contributed by atoms with van der Waals surface area (Å²) in [7, 11) is -0.628. The van der Waals surface area contributed by atoms with Crippen LogP contribution in [0.3, 0.4) is 0 Å². The molecule has 0 saturated carbocycles. The Morgan fingerprint density at radius 2 is 1.06 bits per heavy atom. The second-order valence-electron chi connectivity index (χ2n) is 13.7. The van der Waals surface area contributed by atoms with Crippen LogP contribution in [0, 0.1) is 22.7 Å². The predicted molar refractivity (Wildman–Crippen MR) is 246 cm³/mol. The summed E-state index contributed by atoms with van der Waals surface area (Å²) in [6.45, 7) is 1.33. The Bertz CT molecular complexity index is 2800. The Morgan fingerprint density at radius 1 is 0.638 bits per heavy atom. The molecule has 0 unspecified atom stereocenters. The molecule has 6 aromatic rings. The number of halogens is 8. The summed E-state index contributed by atoms with van der Waals surface area (Å²) in [5, 5.41) is 27.3. The van der Waals surface area contributed by atoms with Gasteiger partial charge in [0.15, 0.2) is 0 Å². The lowest BCUT2D eigenvalue weighted by Crippen LogP contribution is -2.05. The number of hydrogen-bond acceptors (Lipinski definition) is 15. The number of aromatic nitrogens is 2. The first-order valence-corrected chi connectivity index (χ1v) is 23.9. The predicted octanol–water partition coefficient (Wildman–Crippen LogP) is 11.1. The lowest BCUT2D eigenvalue weighted by molar-refractivity contribution is -0.138. The molecule has 2 heterocycles. The molecule has 2 aromatic heterocycles. The second-order valence-corrected chi connectivity index (χ2v) is 18.4. The van der Waals surface area contributed by atoms with Crippen LogP contribution in [0.5, 0.6) is 11.5 Å². The minimum absolute atomic E-state index is 0.0248. The van der Waals surface area contributed by atoms with Gasteiger partial charge in [-0.05, 0) is 48.5 Å². The largest absolute Gasteiger partial charge is 0.488 e. The third kappa shape index (κ3) is 18.1. The number of ether oxygens (including phenoxy) is 5. The van der Waals surface area contributed by atoms with Gasteiger partial charge in [0.2, 0.25) is 0 Å². The van der Waals surface area contributed by atoms with Gasteiger partial charge in [-0.15, -0.1) is 22.7 Å². The van der Waals surface area contributed by atoms with Crippen molar-refractivity contribution >= 4 is 56.0 Å². The van der Waals surface area contributed by atoms with Crippen LogP contribution in [-0.4, -0.2) is 70.4 Å². The van der Waals surface area contributed by atoms with Crippen LogP contribution in [0.15, 0.2) is 84.9 Å². The molecule has 0 aliphatic carbocycles. The van der Waals surface area contributed by atoms with Gasteiger partial charge >= 0.3 is 12.4 Å². The van der Waals surface area contributed by atoms with Crippen LogP contribution in [0.25, 0.3) is 21.1 Å². The van der Waals surface area contributed by atoms with E-state index in [1.165, 1.54) is 47.7 Å². The van der Waals surface area contributed by atoms with Gasteiger partial charge in [-0.3, -0.25) is 4.18 Å². The first-order valence-electron chi connectivity index (χ1n) is 19.7. The van der Waals surface area contributed by atoms with Crippen LogP contribution in [0.1, 0.15) is 43.4 Å². The van der Waals surface area contributed by atoms with Crippen molar-refractivity contribution < 1.29 is 67.7 Å². The summed E-state index contributed by atoms with van der Waals surface area (Å²) in [6, 6.07) is 22.5. The molecule has 0 amide bonds. The highest BCUT2D eigenvalue weighted by Crippen LogP contribution is 2.36. The summed E-state index contributed by atoms with van der Waals surface area (Å²) < 4.78 is 131. The molecule has 0 saturated heterocycles. The molecule has 1 N–H and O–H groups in total. The maximum Gasteiger partial charge on any atom is 0.416 e. The van der Waals surface area contributed by atoms with Gasteiger partial charge in [-0.1, -0.05) is 47.5 Å². The standard InChI is InChI=1S/C22H18ClF3N2O3S.C20H14ClF3N2O4S2.C3H8O2/c1-29-8-9-30-12-19-20(13-31-17-7-4-15(11-27)18(23)10-17)32-21(28-19)14-2-5-16(6-3-14)22(24,25)26;1-32(27,28)30-10-17-18(11-29-15-7-4-13(9-25)16(21)8-15)31-19(26-17)12-2-5-14(6-3-12)20(22,23)24;1-5-3-2-4/h2-7,10H,8-9,12-13H2,1H3;2-8H,10-11H2,1H3;4H,2-3H2,1H3. The van der Waals surface area contributed by atoms with E-state index in [1.807, 2.05) is 12.1 Å². The Kier molecular flexibility index (Phi) is 21.6. The number of alkyl halides is 6. The van der Waals surface area contributed by atoms with E-state index in [4.69, 9.17) is 62.0 Å². The lowest BCUT2D eigenvalue weighted by atomic mass is 10.1. The zero-order valence-corrected chi connectivity index (χ0v) is 40.5. The van der Waals surface area contributed by atoms with Crippen molar-refractivity contribution in [1.82, 2.24) is 9.97 Å². The average Bonchev–Trinajstić information content (AvgIpc) is 3.92. The molecule has 0 spiro atoms. The molecule has 0 atom stereocenters. The molecule has 0 aliphatic heterocycles. The molecule has 24 heteroatoms. The van der Waals surface area contributed by atoms with Gasteiger partial charge in [0.1, 0.15) is 53.5 Å². The van der Waals surface area contributed by atoms with Gasteiger partial charge < -0.3 is 28.8 Å². The quantitative estimate of drug-likeness (QED) is 0.0488. The van der Waals surface area contributed by atoms with E-state index in [0.717, 1.165) is 46.7 Å². The van der Waals surface area contributed by atoms with E-state index >= 15 is 0 Å². The fourth-order valence-corrected chi connectivity index (χ4v) is 8.00. The molecule has 0 radical (unpaired) electrons. The smallest absolute Gasteiger partial charge is 0.416 e. The minimum atomic E-state index is -4.46. The number of rotatable bonds is 18. The third-order valence-corrected chi connectivity index (χ3v) is 12.1. The zero-order valence-electron chi connectivity index (χ0n) is 36.5. The molecule has 0 fully saturated rings. The van der Waals surface area contributed by atoms with E-state index in [1.54, 1.807) is 38.5 Å². The van der Waals surface area contributed by atoms with E-state index < -0.39 is 33.6 Å². The highest BCUT2D eigenvalue weighted by molar-refractivity contribution is 7.85. The highest BCUT2D eigenvalue weighted by Gasteiger charge is 2.31. The number of nitrogens with zero attached hydrogens (tertiary/aromatic N) is 4. The summed E-state index contributed by atoms with van der Waals surface area (Å²) >= 11 is 14.5. The number of benzene rings is 4. The van der Waals surface area contributed by atoms with Gasteiger partial charge in [-0.25, -0.2) is 9.97 Å². The average molecular weight is 1060 g/mol. The van der Waals surface area contributed by atoms with Crippen molar-refractivity contribution in [2.45, 2.75) is 38.8 Å². The van der Waals surface area contributed by atoms with Gasteiger partial charge in [0, 0.05) is 37.5 Å². The minimum Gasteiger partial charge on any atom is -0.488 e. The maximum atomic E-state index is 12.8. The van der Waals surface area contributed by atoms with Crippen molar-refractivity contribution in [1.29, 1.82) is 10.5 Å². The molecule has 6 rings (SSSR count). The Balaban J connectivity index is 0.000000274. The third-order valence-electron chi connectivity index (χ3n) is 8.71. The molecule has 13 nitrogen and oxygen atoms in total. The molecule has 4 aromatic carbocycles. The molecular formula is C45H40Cl2F6N4O9S3. The summed E-state index contributed by atoms with van der Waals surface area (Å²) in [5.74, 6) is 0.846. The topological polar surface area (TPSA) is 183 Å². The number of thiazole rings is 2. The van der Waals surface area contributed by atoms with Gasteiger partial charge in [0.05, 0.1) is 92.7 Å². The zero-order chi connectivity index (χ0) is 50.8. The normalized spacial score (nSPS) is 11.4. The Morgan fingerprint density at radius 3 is 1.39 bits per heavy atom. The fraction of sp³-hybridized carbons (Fsp3) is 0.289. The number of hydrogen-bond donors (Lipinski definition) is 1. The highest BCUT2D eigenvalue weighted by atomic mass is 35.5. The molecule has 0 bridgehead atoms. The van der Waals surface area contributed by atoms with Gasteiger partial charge in [0.25, 0.3) is 10.1 Å². The molecule has 0 aliphatic rings. The van der Waals surface area contributed by atoms with Crippen LogP contribution in [0.2, 0.25) is 10.0 Å². The number of aliphatic hydroxyl groups excluding tert-OH is 1. The lowest BCUT2D eigenvalue weighted by Gasteiger charge is -2.07. The van der Waals surface area contributed by atoms with E-state index in [-0.39, 0.29) is 54.3 Å². The summed E-state index contributed by atoms with van der Waals surface area (Å²) in [5.41, 5.74) is 1.00. The van der Waals surface area contributed by atoms with Crippen LogP contribution < -0.4 is 9.47 Å². The van der Waals surface area contributed by atoms with Crippen molar-refractivity contribution in [3.63, 3.8) is 0 Å². The van der Waals surface area contributed by atoms with Crippen LogP contribution in [-0.2, 0) is 67.3 Å². The second kappa shape index (κ2) is 26.6. The van der Waals surface area contributed by atoms with Crippen molar-refractivity contribution in [3.05, 3.63) is 138 Å². The number of methoxy groups -OCH3 is 2. The fourth-order valence-electron chi connectivity index (χ4n) is 5.28. The molecular weight excluding hydrogens is 1020 g/mol. The van der Waals surface area contributed by atoms with Crippen molar-refractivity contribution in [2.75, 3.05) is 46.9 Å². The summed E-state index contributed by atoms with van der Waals surface area (Å²) in [6.07, 6.45) is -7.97. The van der Waals surface area contributed by atoms with Gasteiger partial charge in [-0.2, -0.15) is 45.3 Å². The molecule has 69 heavy (non-hydrogen) atoms. The SMILES string of the molecule is COCCO.COCCOCc1nc(-c2ccc(C(F)(F)F)cc2)sc1COc1ccc(C#N)c(Cl)c1.CS(=O)(=O)OCc1nc(-c2ccc(C(F)(F)F)cc2)sc1COc1ccc(C#N)c(Cl)c1. The van der Waals surface area contributed by atoms with Crippen molar-refractivity contribution in [2.24, 2.45) is 0 Å². The molecule has 368 valence electrons. The van der Waals surface area contributed by atoms with Crippen LogP contribution in [0.4, 0.5) is 26.3 Å². The summed E-state index contributed by atoms with van der Waals surface area (Å²) in [4.78, 5) is 10.2. The first-order chi connectivity index (χ1) is 32.7. The van der Waals surface area contributed by atoms with Crippen LogP contribution >= 0.6 is 45.9 Å². The Hall–Kier alpha value is -5.37. The maximum absolute atomic E-state index is 12.8. The number of aliphatic hydroxyl groups is 1. The first kappa shape index (κ1) is 56.2. The van der Waals surface area contributed by atoms with E-state index in [9.17, 15) is 34.8 Å². The van der Waals surface area contributed by atoms with Crippen molar-refractivity contribution in [3.8, 4) is 44.8 Å². The van der Waals surface area contributed by atoms with E-state index in [2.05, 4.69) is 14.7 Å². The monoisotopic (exact) mass is 1060 g/mol. The Labute approximate surface area is 411 Å². The number of nitriles is 2.